The number of aromatic nitrogens is 2. The zero-order valence-corrected chi connectivity index (χ0v) is 16.1. The SMILES string of the molecule is Cc1nc2scc(-c3ccc4c(c3)CCCC4)c2c(=O)n1CCCC(=O)O. The summed E-state index contributed by atoms with van der Waals surface area (Å²) < 4.78 is 1.61. The van der Waals surface area contributed by atoms with Gasteiger partial charge in [-0.2, -0.15) is 0 Å². The van der Waals surface area contributed by atoms with Crippen molar-refractivity contribution < 1.29 is 9.90 Å². The highest BCUT2D eigenvalue weighted by Gasteiger charge is 2.17. The Kier molecular flexibility index (Phi) is 4.83. The molecule has 1 aromatic carbocycles. The van der Waals surface area contributed by atoms with Crippen LogP contribution >= 0.6 is 11.3 Å². The number of aryl methyl sites for hydroxylation is 3. The molecule has 4 rings (SSSR count). The molecule has 0 saturated carbocycles. The van der Waals surface area contributed by atoms with Gasteiger partial charge < -0.3 is 5.11 Å². The second-order valence-corrected chi connectivity index (χ2v) is 7.99. The van der Waals surface area contributed by atoms with Crippen LogP contribution in [0.4, 0.5) is 0 Å². The molecule has 140 valence electrons. The molecule has 2 aromatic heterocycles. The van der Waals surface area contributed by atoms with E-state index in [-0.39, 0.29) is 12.0 Å². The van der Waals surface area contributed by atoms with Gasteiger partial charge in [0.25, 0.3) is 5.56 Å². The average molecular weight is 382 g/mol. The van der Waals surface area contributed by atoms with Gasteiger partial charge in [-0.25, -0.2) is 4.98 Å². The zero-order valence-electron chi connectivity index (χ0n) is 15.3. The largest absolute Gasteiger partial charge is 0.481 e. The smallest absolute Gasteiger partial charge is 0.303 e. The van der Waals surface area contributed by atoms with Crippen molar-refractivity contribution in [2.75, 3.05) is 0 Å². The van der Waals surface area contributed by atoms with E-state index in [0.29, 0.717) is 24.2 Å². The number of carbonyl (C=O) groups is 1. The topological polar surface area (TPSA) is 72.2 Å². The summed E-state index contributed by atoms with van der Waals surface area (Å²) in [5, 5.41) is 11.5. The van der Waals surface area contributed by atoms with Gasteiger partial charge in [0.05, 0.1) is 5.39 Å². The third-order valence-corrected chi connectivity index (χ3v) is 6.19. The maximum atomic E-state index is 13.2. The lowest BCUT2D eigenvalue weighted by Gasteiger charge is -2.16. The first kappa shape index (κ1) is 17.9. The van der Waals surface area contributed by atoms with Gasteiger partial charge in [-0.1, -0.05) is 18.2 Å². The van der Waals surface area contributed by atoms with E-state index >= 15 is 0 Å². The molecule has 1 aliphatic carbocycles. The summed E-state index contributed by atoms with van der Waals surface area (Å²) in [5.41, 5.74) is 4.75. The molecule has 5 nitrogen and oxygen atoms in total. The molecule has 1 N–H and O–H groups in total. The van der Waals surface area contributed by atoms with Crippen molar-refractivity contribution in [3.05, 3.63) is 50.9 Å². The predicted molar refractivity (Wildman–Crippen MR) is 108 cm³/mol. The minimum absolute atomic E-state index is 0.0469. The first-order valence-electron chi connectivity index (χ1n) is 9.37. The standard InChI is InChI=1S/C21H22N2O3S/c1-13-22-20-19(21(26)23(13)10-4-7-18(24)25)17(12-27-20)16-9-8-14-5-2-3-6-15(14)11-16/h8-9,11-12H,2-7,10H2,1H3,(H,24,25). The molecule has 0 spiro atoms. The minimum atomic E-state index is -0.847. The molecular weight excluding hydrogens is 360 g/mol. The van der Waals surface area contributed by atoms with E-state index in [0.717, 1.165) is 28.8 Å². The predicted octanol–water partition coefficient (Wildman–Crippen LogP) is 4.18. The number of carboxylic acid groups (broad SMARTS) is 1. The Morgan fingerprint density at radius 3 is 2.81 bits per heavy atom. The van der Waals surface area contributed by atoms with Gasteiger partial charge in [0, 0.05) is 23.9 Å². The second-order valence-electron chi connectivity index (χ2n) is 7.13. The zero-order chi connectivity index (χ0) is 19.0. The van der Waals surface area contributed by atoms with Gasteiger partial charge in [0.15, 0.2) is 0 Å². The van der Waals surface area contributed by atoms with E-state index in [4.69, 9.17) is 5.11 Å². The normalized spacial score (nSPS) is 13.7. The first-order chi connectivity index (χ1) is 13.0. The van der Waals surface area contributed by atoms with Crippen LogP contribution in [0.3, 0.4) is 0 Å². The van der Waals surface area contributed by atoms with Crippen LogP contribution in [0.1, 0.15) is 42.6 Å². The van der Waals surface area contributed by atoms with Gasteiger partial charge in [-0.05, 0) is 55.7 Å². The number of carboxylic acids is 1. The number of fused-ring (bicyclic) bond motifs is 2. The Bertz CT molecular complexity index is 1080. The molecule has 6 heteroatoms. The quantitative estimate of drug-likeness (QED) is 0.719. The van der Waals surface area contributed by atoms with Gasteiger partial charge in [0.2, 0.25) is 0 Å². The molecule has 0 atom stereocenters. The maximum absolute atomic E-state index is 13.2. The molecule has 0 unspecified atom stereocenters. The van der Waals surface area contributed by atoms with E-state index in [2.05, 4.69) is 23.2 Å². The molecule has 0 fully saturated rings. The van der Waals surface area contributed by atoms with Crippen LogP contribution in [-0.4, -0.2) is 20.6 Å². The Labute approximate surface area is 161 Å². The summed E-state index contributed by atoms with van der Waals surface area (Å²) in [6.45, 7) is 2.18. The van der Waals surface area contributed by atoms with E-state index in [1.54, 1.807) is 11.5 Å². The Morgan fingerprint density at radius 1 is 1.26 bits per heavy atom. The Balaban J connectivity index is 1.78. The van der Waals surface area contributed by atoms with Crippen LogP contribution in [0, 0.1) is 6.92 Å². The third-order valence-electron chi connectivity index (χ3n) is 5.32. The van der Waals surface area contributed by atoms with E-state index in [9.17, 15) is 9.59 Å². The van der Waals surface area contributed by atoms with Gasteiger partial charge in [0.1, 0.15) is 10.7 Å². The highest BCUT2D eigenvalue weighted by molar-refractivity contribution is 7.17. The molecule has 0 saturated heterocycles. The average Bonchev–Trinajstić information content (AvgIpc) is 3.07. The summed E-state index contributed by atoms with van der Waals surface area (Å²) in [5.74, 6) is -0.211. The van der Waals surface area contributed by atoms with Crippen LogP contribution in [-0.2, 0) is 24.2 Å². The summed E-state index contributed by atoms with van der Waals surface area (Å²) in [4.78, 5) is 29.3. The van der Waals surface area contributed by atoms with Crippen molar-refractivity contribution in [3.63, 3.8) is 0 Å². The fourth-order valence-corrected chi connectivity index (χ4v) is 4.87. The summed E-state index contributed by atoms with van der Waals surface area (Å²) >= 11 is 1.49. The lowest BCUT2D eigenvalue weighted by Crippen LogP contribution is -2.24. The molecule has 27 heavy (non-hydrogen) atoms. The number of hydrogen-bond donors (Lipinski definition) is 1. The highest BCUT2D eigenvalue weighted by atomic mass is 32.1. The highest BCUT2D eigenvalue weighted by Crippen LogP contribution is 2.33. The van der Waals surface area contributed by atoms with E-state index in [1.165, 1.54) is 35.3 Å². The monoisotopic (exact) mass is 382 g/mol. The number of aliphatic carboxylic acids is 1. The summed E-state index contributed by atoms with van der Waals surface area (Å²) in [7, 11) is 0. The third kappa shape index (κ3) is 3.41. The second kappa shape index (κ2) is 7.27. The van der Waals surface area contributed by atoms with Gasteiger partial charge >= 0.3 is 5.97 Å². The molecule has 0 aliphatic heterocycles. The molecule has 0 bridgehead atoms. The van der Waals surface area contributed by atoms with Crippen LogP contribution in [0.2, 0.25) is 0 Å². The fourth-order valence-electron chi connectivity index (χ4n) is 3.89. The van der Waals surface area contributed by atoms with Crippen molar-refractivity contribution in [2.24, 2.45) is 0 Å². The van der Waals surface area contributed by atoms with E-state index < -0.39 is 5.97 Å². The van der Waals surface area contributed by atoms with Crippen molar-refractivity contribution in [3.8, 4) is 11.1 Å². The van der Waals surface area contributed by atoms with Crippen molar-refractivity contribution in [1.82, 2.24) is 9.55 Å². The Hall–Kier alpha value is -2.47. The minimum Gasteiger partial charge on any atom is -0.481 e. The molecular formula is C21H22N2O3S. The molecule has 1 aliphatic rings. The Morgan fingerprint density at radius 2 is 2.04 bits per heavy atom. The number of hydrogen-bond acceptors (Lipinski definition) is 4. The molecule has 0 amide bonds. The number of benzene rings is 1. The van der Waals surface area contributed by atoms with Crippen LogP contribution in [0.5, 0.6) is 0 Å². The maximum Gasteiger partial charge on any atom is 0.303 e. The molecule has 2 heterocycles. The van der Waals surface area contributed by atoms with Crippen LogP contribution in [0.15, 0.2) is 28.4 Å². The lowest BCUT2D eigenvalue weighted by atomic mass is 9.89. The summed E-state index contributed by atoms with van der Waals surface area (Å²) in [6, 6.07) is 6.53. The van der Waals surface area contributed by atoms with Gasteiger partial charge in [-0.15, -0.1) is 11.3 Å². The molecule has 0 radical (unpaired) electrons. The number of thiophene rings is 1. The molecule has 3 aromatic rings. The first-order valence-corrected chi connectivity index (χ1v) is 10.2. The van der Waals surface area contributed by atoms with Crippen molar-refractivity contribution in [2.45, 2.75) is 52.0 Å². The van der Waals surface area contributed by atoms with Crippen LogP contribution in [0.25, 0.3) is 21.3 Å². The summed E-state index contributed by atoms with van der Waals surface area (Å²) in [6.07, 6.45) is 5.17. The lowest BCUT2D eigenvalue weighted by molar-refractivity contribution is -0.137. The van der Waals surface area contributed by atoms with Crippen molar-refractivity contribution in [1.29, 1.82) is 0 Å². The van der Waals surface area contributed by atoms with Gasteiger partial charge in [-0.3, -0.25) is 14.2 Å². The fraction of sp³-hybridized carbons (Fsp3) is 0.381. The van der Waals surface area contributed by atoms with E-state index in [1.807, 2.05) is 5.38 Å². The van der Waals surface area contributed by atoms with Crippen LogP contribution < -0.4 is 5.56 Å². The van der Waals surface area contributed by atoms with Crippen molar-refractivity contribution >= 4 is 27.5 Å². The number of rotatable bonds is 5. The number of nitrogens with zero attached hydrogens (tertiary/aromatic N) is 2.